The van der Waals surface area contributed by atoms with Gasteiger partial charge in [0, 0.05) is 30.7 Å². The van der Waals surface area contributed by atoms with E-state index in [0.29, 0.717) is 25.4 Å². The molecule has 0 radical (unpaired) electrons. The molecule has 0 aliphatic carbocycles. The van der Waals surface area contributed by atoms with Crippen LogP contribution < -0.4 is 5.32 Å². The van der Waals surface area contributed by atoms with Crippen molar-refractivity contribution >= 4 is 15.9 Å². The third-order valence-electron chi connectivity index (χ3n) is 2.54. The molecule has 1 heterocycles. The number of halogens is 3. The number of aromatic nitrogens is 3. The van der Waals surface area contributed by atoms with Gasteiger partial charge in [0.25, 0.3) is 0 Å². The van der Waals surface area contributed by atoms with Crippen molar-refractivity contribution in [3.8, 4) is 5.69 Å². The fourth-order valence-electron chi connectivity index (χ4n) is 1.63. The monoisotopic (exact) mass is 346 g/mol. The molecule has 0 saturated carbocycles. The molecule has 1 N–H and O–H groups in total. The Hall–Kier alpha value is -1.38. The second kappa shape index (κ2) is 6.87. The molecule has 0 atom stereocenters. The largest absolute Gasteiger partial charge is 0.383 e. The zero-order valence-corrected chi connectivity index (χ0v) is 12.3. The van der Waals surface area contributed by atoms with Crippen LogP contribution in [0.5, 0.6) is 0 Å². The van der Waals surface area contributed by atoms with E-state index < -0.39 is 11.6 Å². The summed E-state index contributed by atoms with van der Waals surface area (Å²) in [6.45, 7) is 1.76. The SMILES string of the molecule is COCCNCc1cn(-c2c(F)cc(F)cc2Br)nn1. The number of methoxy groups -OCH3 is 1. The molecule has 8 heteroatoms. The molecule has 0 unspecified atom stereocenters. The van der Waals surface area contributed by atoms with Gasteiger partial charge in [-0.2, -0.15) is 0 Å². The van der Waals surface area contributed by atoms with Crippen LogP contribution in [0.15, 0.2) is 22.8 Å². The van der Waals surface area contributed by atoms with Gasteiger partial charge >= 0.3 is 0 Å². The highest BCUT2D eigenvalue weighted by atomic mass is 79.9. The zero-order valence-electron chi connectivity index (χ0n) is 10.7. The molecule has 2 aromatic rings. The Morgan fingerprint density at radius 1 is 1.40 bits per heavy atom. The van der Waals surface area contributed by atoms with E-state index in [0.717, 1.165) is 6.07 Å². The maximum atomic E-state index is 13.8. The first-order valence-electron chi connectivity index (χ1n) is 5.87. The van der Waals surface area contributed by atoms with Crippen molar-refractivity contribution < 1.29 is 13.5 Å². The van der Waals surface area contributed by atoms with Gasteiger partial charge in [-0.1, -0.05) is 5.21 Å². The van der Waals surface area contributed by atoms with Crippen LogP contribution in [0.1, 0.15) is 5.69 Å². The zero-order chi connectivity index (χ0) is 14.5. The molecular formula is C12H13BrF2N4O. The van der Waals surface area contributed by atoms with Gasteiger partial charge in [0.1, 0.15) is 11.5 Å². The van der Waals surface area contributed by atoms with Gasteiger partial charge in [-0.25, -0.2) is 13.5 Å². The van der Waals surface area contributed by atoms with Crippen molar-refractivity contribution in [3.63, 3.8) is 0 Å². The van der Waals surface area contributed by atoms with Crippen molar-refractivity contribution in [2.75, 3.05) is 20.3 Å². The second-order valence-corrected chi connectivity index (χ2v) is 4.90. The van der Waals surface area contributed by atoms with Crippen molar-refractivity contribution in [2.45, 2.75) is 6.54 Å². The number of nitrogens with one attached hydrogen (secondary N) is 1. The van der Waals surface area contributed by atoms with Crippen molar-refractivity contribution in [2.24, 2.45) is 0 Å². The topological polar surface area (TPSA) is 52.0 Å². The van der Waals surface area contributed by atoms with Crippen LogP contribution in [0, 0.1) is 11.6 Å². The van der Waals surface area contributed by atoms with E-state index in [-0.39, 0.29) is 10.2 Å². The van der Waals surface area contributed by atoms with Crippen molar-refractivity contribution in [1.29, 1.82) is 0 Å². The van der Waals surface area contributed by atoms with Gasteiger partial charge < -0.3 is 10.1 Å². The highest BCUT2D eigenvalue weighted by Gasteiger charge is 2.13. The number of hydrogen-bond acceptors (Lipinski definition) is 4. The Morgan fingerprint density at radius 2 is 2.20 bits per heavy atom. The summed E-state index contributed by atoms with van der Waals surface area (Å²) in [7, 11) is 1.62. The Balaban J connectivity index is 2.13. The number of nitrogens with zero attached hydrogens (tertiary/aromatic N) is 3. The van der Waals surface area contributed by atoms with Crippen LogP contribution in [0.2, 0.25) is 0 Å². The summed E-state index contributed by atoms with van der Waals surface area (Å²) < 4.78 is 33.2. The normalized spacial score (nSPS) is 11.0. The predicted molar refractivity (Wildman–Crippen MR) is 72.6 cm³/mol. The smallest absolute Gasteiger partial charge is 0.152 e. The van der Waals surface area contributed by atoms with E-state index in [1.165, 1.54) is 10.7 Å². The van der Waals surface area contributed by atoms with Crippen molar-refractivity contribution in [1.82, 2.24) is 20.3 Å². The van der Waals surface area contributed by atoms with E-state index in [2.05, 4.69) is 31.6 Å². The Kier molecular flexibility index (Phi) is 5.16. The molecule has 0 aliphatic rings. The third kappa shape index (κ3) is 3.59. The maximum absolute atomic E-state index is 13.8. The average Bonchev–Trinajstić information content (AvgIpc) is 2.82. The molecule has 0 saturated heterocycles. The number of rotatable bonds is 6. The Bertz CT molecular complexity index is 568. The van der Waals surface area contributed by atoms with Crippen LogP contribution in [0.4, 0.5) is 8.78 Å². The van der Waals surface area contributed by atoms with Gasteiger partial charge in [-0.3, -0.25) is 0 Å². The maximum Gasteiger partial charge on any atom is 0.152 e. The van der Waals surface area contributed by atoms with Gasteiger partial charge in [0.2, 0.25) is 0 Å². The summed E-state index contributed by atoms with van der Waals surface area (Å²) in [4.78, 5) is 0. The molecule has 108 valence electrons. The second-order valence-electron chi connectivity index (χ2n) is 4.04. The lowest BCUT2D eigenvalue weighted by atomic mass is 10.3. The highest BCUT2D eigenvalue weighted by Crippen LogP contribution is 2.24. The van der Waals surface area contributed by atoms with Crippen LogP contribution in [0.25, 0.3) is 5.69 Å². The summed E-state index contributed by atoms with van der Waals surface area (Å²) in [5.41, 5.74) is 0.777. The van der Waals surface area contributed by atoms with Crippen molar-refractivity contribution in [3.05, 3.63) is 40.1 Å². The third-order valence-corrected chi connectivity index (χ3v) is 3.15. The molecule has 0 aliphatic heterocycles. The van der Waals surface area contributed by atoms with E-state index in [4.69, 9.17) is 4.74 Å². The molecule has 1 aromatic heterocycles. The Labute approximate surface area is 123 Å². The molecule has 0 fully saturated rings. The number of benzene rings is 1. The lowest BCUT2D eigenvalue weighted by Crippen LogP contribution is -2.18. The van der Waals surface area contributed by atoms with Crippen LogP contribution in [-0.4, -0.2) is 35.3 Å². The molecule has 1 aromatic carbocycles. The van der Waals surface area contributed by atoms with Gasteiger partial charge in [-0.05, 0) is 22.0 Å². The summed E-state index contributed by atoms with van der Waals surface area (Å²) in [6, 6.07) is 1.98. The Morgan fingerprint density at radius 3 is 2.90 bits per heavy atom. The molecule has 2 rings (SSSR count). The van der Waals surface area contributed by atoms with E-state index in [1.807, 2.05) is 0 Å². The van der Waals surface area contributed by atoms with Gasteiger partial charge in [-0.15, -0.1) is 5.10 Å². The van der Waals surface area contributed by atoms with Crippen LogP contribution in [0.3, 0.4) is 0 Å². The molecular weight excluding hydrogens is 334 g/mol. The molecule has 20 heavy (non-hydrogen) atoms. The van der Waals surface area contributed by atoms with Crippen LogP contribution in [-0.2, 0) is 11.3 Å². The van der Waals surface area contributed by atoms with Gasteiger partial charge in [0.15, 0.2) is 5.82 Å². The minimum Gasteiger partial charge on any atom is -0.383 e. The first-order chi connectivity index (χ1) is 9.61. The predicted octanol–water partition coefficient (Wildman–Crippen LogP) is 2.04. The summed E-state index contributed by atoms with van der Waals surface area (Å²) in [5, 5.41) is 10.9. The fourth-order valence-corrected chi connectivity index (χ4v) is 2.22. The van der Waals surface area contributed by atoms with E-state index >= 15 is 0 Å². The molecule has 0 spiro atoms. The molecule has 5 nitrogen and oxygen atoms in total. The summed E-state index contributed by atoms with van der Waals surface area (Å²) >= 11 is 3.12. The van der Waals surface area contributed by atoms with Crippen LogP contribution >= 0.6 is 15.9 Å². The molecule has 0 bridgehead atoms. The average molecular weight is 347 g/mol. The number of hydrogen-bond donors (Lipinski definition) is 1. The standard InChI is InChI=1S/C12H13BrF2N4O/c1-20-3-2-16-6-9-7-19(18-17-9)12-10(13)4-8(14)5-11(12)15/h4-5,7,16H,2-3,6H2,1H3. The lowest BCUT2D eigenvalue weighted by molar-refractivity contribution is 0.199. The number of ether oxygens (including phenoxy) is 1. The van der Waals surface area contributed by atoms with Gasteiger partial charge in [0.05, 0.1) is 18.5 Å². The highest BCUT2D eigenvalue weighted by molar-refractivity contribution is 9.10. The minimum absolute atomic E-state index is 0.127. The fraction of sp³-hybridized carbons (Fsp3) is 0.333. The minimum atomic E-state index is -0.708. The summed E-state index contributed by atoms with van der Waals surface area (Å²) in [6.07, 6.45) is 1.58. The van der Waals surface area contributed by atoms with E-state index in [9.17, 15) is 8.78 Å². The first-order valence-corrected chi connectivity index (χ1v) is 6.67. The quantitative estimate of drug-likeness (QED) is 0.813. The summed E-state index contributed by atoms with van der Waals surface area (Å²) in [5.74, 6) is -1.36. The molecule has 0 amide bonds. The first kappa shape index (κ1) is 15.0. The van der Waals surface area contributed by atoms with E-state index in [1.54, 1.807) is 13.3 Å². The lowest BCUT2D eigenvalue weighted by Gasteiger charge is -2.05.